The molecule has 1 saturated heterocycles. The number of benzene rings is 1. The number of hydrogen-bond donors (Lipinski definition) is 2. The number of anilines is 2. The molecular formula is C29H29N7O2. The SMILES string of the molecule is C=CC(=O)N1CCCC(c2nc(-c3ccc(C(=O)Nc4cc(C5CC5)ccn4)cc3)n3c(N)nccc23)C1. The Morgan fingerprint density at radius 1 is 1.03 bits per heavy atom. The van der Waals surface area contributed by atoms with Gasteiger partial charge >= 0.3 is 0 Å². The van der Waals surface area contributed by atoms with Crippen LogP contribution < -0.4 is 11.1 Å². The number of nitrogens with zero attached hydrogens (tertiary/aromatic N) is 5. The number of fused-ring (bicyclic) bond motifs is 1. The second kappa shape index (κ2) is 9.74. The summed E-state index contributed by atoms with van der Waals surface area (Å²) in [6, 6.07) is 13.1. The number of nitrogens with two attached hydrogens (primary N) is 1. The van der Waals surface area contributed by atoms with Gasteiger partial charge in [-0.1, -0.05) is 18.7 Å². The molecule has 2 fully saturated rings. The molecule has 1 aromatic carbocycles. The van der Waals surface area contributed by atoms with Crippen molar-refractivity contribution < 1.29 is 9.59 Å². The van der Waals surface area contributed by atoms with Crippen LogP contribution in [0.5, 0.6) is 0 Å². The normalized spacial score (nSPS) is 17.4. The van der Waals surface area contributed by atoms with Crippen molar-refractivity contribution in [2.24, 2.45) is 0 Å². The van der Waals surface area contributed by atoms with Gasteiger partial charge in [0.15, 0.2) is 0 Å². The lowest BCUT2D eigenvalue weighted by molar-refractivity contribution is -0.127. The van der Waals surface area contributed by atoms with Crippen molar-refractivity contribution >= 4 is 29.1 Å². The summed E-state index contributed by atoms with van der Waals surface area (Å²) in [5.74, 6) is 1.91. The van der Waals surface area contributed by atoms with Gasteiger partial charge in [0.2, 0.25) is 11.9 Å². The molecule has 3 aromatic heterocycles. The summed E-state index contributed by atoms with van der Waals surface area (Å²) >= 11 is 0. The van der Waals surface area contributed by atoms with E-state index in [-0.39, 0.29) is 17.7 Å². The minimum Gasteiger partial charge on any atom is -0.369 e. The second-order valence-electron chi connectivity index (χ2n) is 9.95. The summed E-state index contributed by atoms with van der Waals surface area (Å²) in [4.78, 5) is 40.6. The number of likely N-dealkylation sites (tertiary alicyclic amines) is 1. The standard InChI is InChI=1S/C29H29N7O2/c1-2-25(37)35-15-3-4-22(17-35)26-23-12-14-32-29(30)36(23)27(34-26)19-7-9-20(10-8-19)28(38)33-24-16-21(11-13-31-24)18-5-6-18/h2,7-14,16,18,22H,1,3-6,15,17H2,(H2,30,32)(H,31,33,38). The van der Waals surface area contributed by atoms with Crippen molar-refractivity contribution in [3.63, 3.8) is 0 Å². The van der Waals surface area contributed by atoms with Gasteiger partial charge in [-0.25, -0.2) is 15.0 Å². The molecule has 4 aromatic rings. The van der Waals surface area contributed by atoms with Crippen LogP contribution in [-0.4, -0.2) is 49.2 Å². The van der Waals surface area contributed by atoms with Crippen LogP contribution in [-0.2, 0) is 4.79 Å². The molecule has 2 aliphatic rings. The molecule has 6 rings (SSSR count). The number of rotatable bonds is 6. The van der Waals surface area contributed by atoms with E-state index in [1.807, 2.05) is 39.6 Å². The molecule has 0 radical (unpaired) electrons. The van der Waals surface area contributed by atoms with Crippen LogP contribution in [0, 0.1) is 0 Å². The molecule has 9 heteroatoms. The Bertz CT molecular complexity index is 1540. The first-order chi connectivity index (χ1) is 18.5. The number of carbonyl (C=O) groups is 2. The summed E-state index contributed by atoms with van der Waals surface area (Å²) in [5.41, 5.74) is 10.6. The predicted molar refractivity (Wildman–Crippen MR) is 146 cm³/mol. The Kier molecular flexibility index (Phi) is 6.11. The fourth-order valence-corrected chi connectivity index (χ4v) is 5.25. The lowest BCUT2D eigenvalue weighted by Crippen LogP contribution is -2.38. The van der Waals surface area contributed by atoms with Crippen molar-refractivity contribution in [1.29, 1.82) is 0 Å². The molecule has 4 heterocycles. The Hall–Kier alpha value is -4.53. The average Bonchev–Trinajstić information content (AvgIpc) is 3.73. The number of nitrogen functional groups attached to an aromatic ring is 1. The van der Waals surface area contributed by atoms with Gasteiger partial charge in [-0.2, -0.15) is 0 Å². The molecule has 1 atom stereocenters. The molecule has 9 nitrogen and oxygen atoms in total. The highest BCUT2D eigenvalue weighted by molar-refractivity contribution is 6.04. The van der Waals surface area contributed by atoms with Gasteiger partial charge in [0.05, 0.1) is 11.2 Å². The van der Waals surface area contributed by atoms with Gasteiger partial charge in [-0.05, 0) is 73.6 Å². The zero-order valence-electron chi connectivity index (χ0n) is 21.0. The fourth-order valence-electron chi connectivity index (χ4n) is 5.25. The molecule has 3 N–H and O–H groups in total. The summed E-state index contributed by atoms with van der Waals surface area (Å²) in [6.45, 7) is 4.92. The molecular weight excluding hydrogens is 478 g/mol. The topological polar surface area (TPSA) is 119 Å². The molecule has 1 aliphatic carbocycles. The minimum atomic E-state index is -0.221. The number of imidazole rings is 1. The van der Waals surface area contributed by atoms with E-state index in [0.717, 1.165) is 29.6 Å². The Labute approximate surface area is 220 Å². The Morgan fingerprint density at radius 2 is 1.82 bits per heavy atom. The molecule has 192 valence electrons. The largest absolute Gasteiger partial charge is 0.369 e. The van der Waals surface area contributed by atoms with Crippen LogP contribution in [0.1, 0.15) is 59.1 Å². The highest BCUT2D eigenvalue weighted by Crippen LogP contribution is 2.40. The molecule has 2 amide bonds. The number of pyridine rings is 1. The van der Waals surface area contributed by atoms with Crippen LogP contribution in [0.15, 0.2) is 67.5 Å². The van der Waals surface area contributed by atoms with E-state index in [1.165, 1.54) is 24.5 Å². The number of hydrogen-bond acceptors (Lipinski definition) is 6. The van der Waals surface area contributed by atoms with Crippen LogP contribution in [0.2, 0.25) is 0 Å². The van der Waals surface area contributed by atoms with Crippen LogP contribution in [0.25, 0.3) is 16.9 Å². The Balaban J connectivity index is 1.28. The Morgan fingerprint density at radius 3 is 2.58 bits per heavy atom. The van der Waals surface area contributed by atoms with E-state index in [1.54, 1.807) is 24.5 Å². The first-order valence-corrected chi connectivity index (χ1v) is 12.9. The highest BCUT2D eigenvalue weighted by Gasteiger charge is 2.28. The van der Waals surface area contributed by atoms with E-state index < -0.39 is 0 Å². The summed E-state index contributed by atoms with van der Waals surface area (Å²) in [7, 11) is 0. The lowest BCUT2D eigenvalue weighted by Gasteiger charge is -2.31. The van der Waals surface area contributed by atoms with Crippen LogP contribution in [0.3, 0.4) is 0 Å². The smallest absolute Gasteiger partial charge is 0.256 e. The van der Waals surface area contributed by atoms with Crippen molar-refractivity contribution in [3.05, 3.63) is 84.3 Å². The number of amides is 2. The first-order valence-electron chi connectivity index (χ1n) is 12.9. The monoisotopic (exact) mass is 507 g/mol. The quantitative estimate of drug-likeness (QED) is 0.374. The van der Waals surface area contributed by atoms with Crippen LogP contribution in [0.4, 0.5) is 11.8 Å². The second-order valence-corrected chi connectivity index (χ2v) is 9.95. The number of piperidine rings is 1. The molecule has 0 spiro atoms. The number of carbonyl (C=O) groups excluding carboxylic acids is 2. The van der Waals surface area contributed by atoms with Crippen molar-refractivity contribution in [1.82, 2.24) is 24.3 Å². The predicted octanol–water partition coefficient (Wildman–Crippen LogP) is 4.40. The molecule has 1 aliphatic heterocycles. The van der Waals surface area contributed by atoms with E-state index in [2.05, 4.69) is 21.9 Å². The molecule has 1 saturated carbocycles. The van der Waals surface area contributed by atoms with E-state index in [9.17, 15) is 9.59 Å². The molecule has 38 heavy (non-hydrogen) atoms. The van der Waals surface area contributed by atoms with Gasteiger partial charge in [0, 0.05) is 42.5 Å². The minimum absolute atomic E-state index is 0.0667. The number of nitrogens with one attached hydrogen (secondary N) is 1. The molecule has 1 unspecified atom stereocenters. The molecule has 0 bridgehead atoms. The maximum atomic E-state index is 12.9. The van der Waals surface area contributed by atoms with Crippen molar-refractivity contribution in [2.75, 3.05) is 24.1 Å². The average molecular weight is 508 g/mol. The third-order valence-corrected chi connectivity index (χ3v) is 7.38. The maximum Gasteiger partial charge on any atom is 0.256 e. The summed E-state index contributed by atoms with van der Waals surface area (Å²) < 4.78 is 1.84. The third-order valence-electron chi connectivity index (χ3n) is 7.38. The van der Waals surface area contributed by atoms with Crippen molar-refractivity contribution in [3.8, 4) is 11.4 Å². The lowest BCUT2D eigenvalue weighted by atomic mass is 9.94. The third kappa shape index (κ3) is 4.51. The van der Waals surface area contributed by atoms with Crippen LogP contribution >= 0.6 is 0 Å². The van der Waals surface area contributed by atoms with E-state index >= 15 is 0 Å². The highest BCUT2D eigenvalue weighted by atomic mass is 16.2. The fraction of sp³-hybridized carbons (Fsp3) is 0.276. The van der Waals surface area contributed by atoms with Gasteiger partial charge in [0.25, 0.3) is 5.91 Å². The van der Waals surface area contributed by atoms with Crippen molar-refractivity contribution in [2.45, 2.75) is 37.5 Å². The van der Waals surface area contributed by atoms with Gasteiger partial charge in [-0.3, -0.25) is 14.0 Å². The zero-order chi connectivity index (χ0) is 26.2. The first kappa shape index (κ1) is 23.8. The zero-order valence-corrected chi connectivity index (χ0v) is 21.0. The van der Waals surface area contributed by atoms with E-state index in [4.69, 9.17) is 10.7 Å². The van der Waals surface area contributed by atoms with E-state index in [0.29, 0.717) is 42.2 Å². The summed E-state index contributed by atoms with van der Waals surface area (Å²) in [5, 5.41) is 2.90. The van der Waals surface area contributed by atoms with Gasteiger partial charge in [0.1, 0.15) is 11.6 Å². The van der Waals surface area contributed by atoms with Gasteiger partial charge < -0.3 is 16.0 Å². The number of aromatic nitrogens is 4. The maximum absolute atomic E-state index is 12.9. The summed E-state index contributed by atoms with van der Waals surface area (Å²) in [6.07, 6.45) is 8.97. The van der Waals surface area contributed by atoms with Gasteiger partial charge in [-0.15, -0.1) is 0 Å².